The van der Waals surface area contributed by atoms with Gasteiger partial charge in [0.15, 0.2) is 0 Å². The van der Waals surface area contributed by atoms with Gasteiger partial charge in [0.05, 0.1) is 17.8 Å². The highest BCUT2D eigenvalue weighted by atomic mass is 32.2. The number of para-hydroxylation sites is 1. The lowest BCUT2D eigenvalue weighted by molar-refractivity contribution is -0.106. The molecule has 1 aromatic rings. The van der Waals surface area contributed by atoms with Crippen molar-refractivity contribution >= 4 is 22.2 Å². The van der Waals surface area contributed by atoms with Gasteiger partial charge in [-0.25, -0.2) is 0 Å². The zero-order chi connectivity index (χ0) is 13.6. The molecule has 0 unspecified atom stereocenters. The van der Waals surface area contributed by atoms with Gasteiger partial charge in [-0.05, 0) is 25.5 Å². The lowest BCUT2D eigenvalue weighted by Crippen LogP contribution is -2.55. The maximum atomic E-state index is 12.4. The molecular weight excluding hydrogens is 252 g/mol. The first-order chi connectivity index (χ1) is 8.33. The van der Waals surface area contributed by atoms with Gasteiger partial charge in [0, 0.05) is 7.05 Å². The Balaban J connectivity index is 2.74. The molecule has 5 nitrogen and oxygen atoms in total. The molecule has 0 radical (unpaired) electrons. The molecular formula is C12H16N2O3S. The Labute approximate surface area is 107 Å². The summed E-state index contributed by atoms with van der Waals surface area (Å²) in [5.74, 6) is 0. The molecule has 1 aromatic carbocycles. The van der Waals surface area contributed by atoms with E-state index in [4.69, 9.17) is 0 Å². The Morgan fingerprint density at radius 3 is 2.50 bits per heavy atom. The van der Waals surface area contributed by atoms with Crippen molar-refractivity contribution in [2.24, 2.45) is 0 Å². The molecule has 98 valence electrons. The van der Waals surface area contributed by atoms with Crippen molar-refractivity contribution in [1.82, 2.24) is 4.31 Å². The van der Waals surface area contributed by atoms with Crippen molar-refractivity contribution in [2.45, 2.75) is 19.4 Å². The van der Waals surface area contributed by atoms with Crippen LogP contribution in [0.15, 0.2) is 24.3 Å². The number of aldehydes is 1. The van der Waals surface area contributed by atoms with Gasteiger partial charge in [0.2, 0.25) is 0 Å². The van der Waals surface area contributed by atoms with Crippen LogP contribution in [0.2, 0.25) is 0 Å². The highest BCUT2D eigenvalue weighted by Crippen LogP contribution is 2.42. The van der Waals surface area contributed by atoms with Crippen molar-refractivity contribution in [2.75, 3.05) is 17.9 Å². The fourth-order valence-electron chi connectivity index (χ4n) is 2.20. The van der Waals surface area contributed by atoms with Gasteiger partial charge in [-0.15, -0.1) is 0 Å². The first-order valence-corrected chi connectivity index (χ1v) is 7.03. The summed E-state index contributed by atoms with van der Waals surface area (Å²) in [4.78, 5) is 10.7. The zero-order valence-corrected chi connectivity index (χ0v) is 11.4. The first kappa shape index (κ1) is 13.0. The van der Waals surface area contributed by atoms with E-state index in [0.29, 0.717) is 12.0 Å². The van der Waals surface area contributed by atoms with E-state index in [9.17, 15) is 13.2 Å². The van der Waals surface area contributed by atoms with Gasteiger partial charge in [-0.1, -0.05) is 18.2 Å². The topological polar surface area (TPSA) is 57.7 Å². The van der Waals surface area contributed by atoms with Crippen LogP contribution in [0.3, 0.4) is 0 Å². The van der Waals surface area contributed by atoms with E-state index in [-0.39, 0.29) is 6.54 Å². The van der Waals surface area contributed by atoms with Crippen LogP contribution in [0.4, 0.5) is 5.69 Å². The molecule has 18 heavy (non-hydrogen) atoms. The Bertz CT molecular complexity index is 581. The molecule has 6 heteroatoms. The molecule has 0 saturated heterocycles. The van der Waals surface area contributed by atoms with E-state index in [0.717, 1.165) is 9.87 Å². The van der Waals surface area contributed by atoms with Crippen LogP contribution in [0, 0.1) is 0 Å². The molecule has 0 N–H and O–H groups in total. The number of hydrogen-bond acceptors (Lipinski definition) is 3. The van der Waals surface area contributed by atoms with Crippen molar-refractivity contribution in [3.05, 3.63) is 29.8 Å². The maximum absolute atomic E-state index is 12.4. The Hall–Kier alpha value is -1.40. The van der Waals surface area contributed by atoms with Crippen LogP contribution < -0.4 is 4.31 Å². The lowest BCUT2D eigenvalue weighted by Gasteiger charge is -2.45. The van der Waals surface area contributed by atoms with Crippen LogP contribution in [0.1, 0.15) is 19.4 Å². The van der Waals surface area contributed by atoms with Gasteiger partial charge in [-0.3, -0.25) is 4.31 Å². The third-order valence-electron chi connectivity index (χ3n) is 3.48. The Kier molecular flexibility index (Phi) is 2.95. The van der Waals surface area contributed by atoms with Gasteiger partial charge in [-0.2, -0.15) is 12.7 Å². The van der Waals surface area contributed by atoms with Crippen LogP contribution in [-0.4, -0.2) is 32.6 Å². The molecule has 0 amide bonds. The molecule has 2 rings (SSSR count). The number of anilines is 1. The second-order valence-corrected chi connectivity index (χ2v) is 6.63. The van der Waals surface area contributed by atoms with E-state index in [1.54, 1.807) is 12.1 Å². The molecule has 0 aromatic heterocycles. The number of carbonyl (C=O) groups is 1. The molecule has 0 atom stereocenters. The molecule has 1 aliphatic rings. The van der Waals surface area contributed by atoms with Crippen molar-refractivity contribution in [3.63, 3.8) is 0 Å². The van der Waals surface area contributed by atoms with Crippen LogP contribution >= 0.6 is 0 Å². The summed E-state index contributed by atoms with van der Waals surface area (Å²) in [5.41, 5.74) is 0.839. The molecule has 1 aliphatic heterocycles. The van der Waals surface area contributed by atoms with E-state index in [1.165, 1.54) is 11.4 Å². The molecule has 0 aliphatic carbocycles. The fraction of sp³-hybridized carbons (Fsp3) is 0.417. The van der Waals surface area contributed by atoms with E-state index in [2.05, 4.69) is 0 Å². The number of hydrogen-bond donors (Lipinski definition) is 0. The average Bonchev–Trinajstić information content (AvgIpc) is 2.33. The molecule has 0 fully saturated rings. The van der Waals surface area contributed by atoms with Crippen LogP contribution in [-0.2, 0) is 20.5 Å². The number of rotatable bonds is 2. The Morgan fingerprint density at radius 1 is 1.28 bits per heavy atom. The average molecular weight is 268 g/mol. The van der Waals surface area contributed by atoms with Crippen molar-refractivity contribution in [3.8, 4) is 0 Å². The quantitative estimate of drug-likeness (QED) is 0.755. The van der Waals surface area contributed by atoms with Gasteiger partial charge in [0.25, 0.3) is 0 Å². The summed E-state index contributed by atoms with van der Waals surface area (Å²) in [6.07, 6.45) is 0.598. The second-order valence-electron chi connectivity index (χ2n) is 4.75. The number of carbonyl (C=O) groups excluding carboxylic acids is 1. The standard InChI is InChI=1S/C12H16N2O3S/c1-12(2)10-6-4-5-7-11(10)14(8-9-15)18(16,17)13(12)3/h4-7,9H,8H2,1-3H3. The lowest BCUT2D eigenvalue weighted by atomic mass is 9.92. The predicted molar refractivity (Wildman–Crippen MR) is 69.6 cm³/mol. The maximum Gasteiger partial charge on any atom is 0.305 e. The summed E-state index contributed by atoms with van der Waals surface area (Å²) in [5, 5.41) is 0. The third-order valence-corrected chi connectivity index (χ3v) is 5.54. The van der Waals surface area contributed by atoms with Gasteiger partial charge >= 0.3 is 10.2 Å². The third kappa shape index (κ3) is 1.64. The summed E-state index contributed by atoms with van der Waals surface area (Å²) >= 11 is 0. The highest BCUT2D eigenvalue weighted by Gasteiger charge is 2.45. The molecule has 1 heterocycles. The van der Waals surface area contributed by atoms with Crippen molar-refractivity contribution < 1.29 is 13.2 Å². The summed E-state index contributed by atoms with van der Waals surface area (Å²) < 4.78 is 27.2. The van der Waals surface area contributed by atoms with Gasteiger partial charge < -0.3 is 4.79 Å². The minimum Gasteiger partial charge on any atom is -0.301 e. The second kappa shape index (κ2) is 4.07. The zero-order valence-electron chi connectivity index (χ0n) is 10.6. The summed E-state index contributed by atoms with van der Waals surface area (Å²) in [6.45, 7) is 3.53. The minimum absolute atomic E-state index is 0.167. The molecule has 0 bridgehead atoms. The normalized spacial score (nSPS) is 21.4. The monoisotopic (exact) mass is 268 g/mol. The SMILES string of the molecule is CN1C(C)(C)c2ccccc2N(CC=O)S1(=O)=O. The first-order valence-electron chi connectivity index (χ1n) is 5.63. The smallest absolute Gasteiger partial charge is 0.301 e. The fourth-order valence-corrected chi connectivity index (χ4v) is 3.83. The molecule has 0 spiro atoms. The Morgan fingerprint density at radius 2 is 1.89 bits per heavy atom. The van der Waals surface area contributed by atoms with E-state index >= 15 is 0 Å². The summed E-state index contributed by atoms with van der Waals surface area (Å²) in [7, 11) is -2.12. The largest absolute Gasteiger partial charge is 0.305 e. The highest BCUT2D eigenvalue weighted by molar-refractivity contribution is 7.90. The van der Waals surface area contributed by atoms with E-state index < -0.39 is 15.7 Å². The van der Waals surface area contributed by atoms with Crippen molar-refractivity contribution in [1.29, 1.82) is 0 Å². The number of fused-ring (bicyclic) bond motifs is 1. The summed E-state index contributed by atoms with van der Waals surface area (Å²) in [6, 6.07) is 7.25. The number of benzene rings is 1. The number of nitrogens with zero attached hydrogens (tertiary/aromatic N) is 2. The minimum atomic E-state index is -3.65. The van der Waals surface area contributed by atoms with E-state index in [1.807, 2.05) is 26.0 Å². The predicted octanol–water partition coefficient (Wildman–Crippen LogP) is 1.12. The van der Waals surface area contributed by atoms with Crippen LogP contribution in [0.5, 0.6) is 0 Å². The van der Waals surface area contributed by atoms with Gasteiger partial charge in [0.1, 0.15) is 6.29 Å². The molecule has 0 saturated carbocycles. The van der Waals surface area contributed by atoms with Crippen LogP contribution in [0.25, 0.3) is 0 Å².